The fourth-order valence-electron chi connectivity index (χ4n) is 2.86. The van der Waals surface area contributed by atoms with Gasteiger partial charge in [-0.2, -0.15) is 5.10 Å². The average molecular weight is 399 g/mol. The summed E-state index contributed by atoms with van der Waals surface area (Å²) in [5.74, 6) is 0.756. The second kappa shape index (κ2) is 7.85. The minimum absolute atomic E-state index is 0.0148. The Morgan fingerprint density at radius 3 is 3.04 bits per heavy atom. The quantitative estimate of drug-likeness (QED) is 0.469. The molecule has 4 heterocycles. The van der Waals surface area contributed by atoms with Crippen molar-refractivity contribution in [2.45, 2.75) is 19.4 Å². The number of carbonyl (C=O) groups excluding carboxylic acids is 1. The molecule has 7 nitrogen and oxygen atoms in total. The Bertz CT molecular complexity index is 1080. The summed E-state index contributed by atoms with van der Waals surface area (Å²) in [4.78, 5) is 17.8. The average Bonchev–Trinajstić information content (AvgIpc) is 3.39. The summed E-state index contributed by atoms with van der Waals surface area (Å²) >= 11 is 6.88. The largest absolute Gasteiger partial charge is 0.356 e. The molecule has 0 aliphatic heterocycles. The number of amides is 1. The van der Waals surface area contributed by atoms with E-state index in [9.17, 15) is 4.79 Å². The number of hydrogen-bond acceptors (Lipinski definition) is 5. The maximum atomic E-state index is 12.2. The van der Waals surface area contributed by atoms with Crippen LogP contribution in [0.5, 0.6) is 0 Å². The second-order valence-corrected chi connectivity index (χ2v) is 7.36. The minimum atomic E-state index is -0.0148. The summed E-state index contributed by atoms with van der Waals surface area (Å²) in [5, 5.41) is 12.0. The van der Waals surface area contributed by atoms with Crippen LogP contribution in [0.15, 0.2) is 48.1 Å². The van der Waals surface area contributed by atoms with Crippen molar-refractivity contribution in [3.05, 3.63) is 58.6 Å². The van der Waals surface area contributed by atoms with Crippen molar-refractivity contribution in [2.24, 2.45) is 0 Å². The Morgan fingerprint density at radius 1 is 1.30 bits per heavy atom. The molecule has 4 rings (SSSR count). The van der Waals surface area contributed by atoms with Crippen LogP contribution < -0.4 is 5.32 Å². The molecule has 0 spiro atoms. The van der Waals surface area contributed by atoms with Crippen LogP contribution in [0.2, 0.25) is 0 Å². The number of aromatic amines is 1. The van der Waals surface area contributed by atoms with E-state index in [4.69, 9.17) is 12.2 Å². The van der Waals surface area contributed by atoms with Gasteiger partial charge in [0.15, 0.2) is 10.6 Å². The molecule has 138 valence electrons. The third-order valence-electron chi connectivity index (χ3n) is 4.18. The van der Waals surface area contributed by atoms with Gasteiger partial charge < -0.3 is 9.72 Å². The van der Waals surface area contributed by atoms with Crippen molar-refractivity contribution in [2.75, 3.05) is 6.54 Å². The van der Waals surface area contributed by atoms with Crippen molar-refractivity contribution in [3.63, 3.8) is 0 Å². The van der Waals surface area contributed by atoms with Gasteiger partial charge in [0, 0.05) is 38.3 Å². The van der Waals surface area contributed by atoms with Gasteiger partial charge in [-0.1, -0.05) is 12.1 Å². The smallest absolute Gasteiger partial charge is 0.221 e. The van der Waals surface area contributed by atoms with Gasteiger partial charge in [-0.15, -0.1) is 11.3 Å². The van der Waals surface area contributed by atoms with Crippen molar-refractivity contribution in [3.8, 4) is 10.7 Å². The normalized spacial score (nSPS) is 11.1. The molecule has 0 atom stereocenters. The van der Waals surface area contributed by atoms with Crippen LogP contribution in [-0.4, -0.2) is 36.6 Å². The Hall–Kier alpha value is -2.78. The van der Waals surface area contributed by atoms with Gasteiger partial charge >= 0.3 is 0 Å². The number of nitrogens with zero attached hydrogens (tertiary/aromatic N) is 4. The fraction of sp³-hybridized carbons (Fsp3) is 0.222. The highest BCUT2D eigenvalue weighted by molar-refractivity contribution is 7.71. The van der Waals surface area contributed by atoms with Gasteiger partial charge in [-0.25, -0.2) is 4.98 Å². The molecule has 0 saturated carbocycles. The summed E-state index contributed by atoms with van der Waals surface area (Å²) in [6.07, 6.45) is 4.99. The highest BCUT2D eigenvalue weighted by atomic mass is 32.1. The minimum Gasteiger partial charge on any atom is -0.356 e. The summed E-state index contributed by atoms with van der Waals surface area (Å²) in [7, 11) is 0. The number of rotatable bonds is 7. The predicted octanol–water partition coefficient (Wildman–Crippen LogP) is 3.07. The van der Waals surface area contributed by atoms with Crippen molar-refractivity contribution >= 4 is 35.1 Å². The number of carbonyl (C=O) groups is 1. The lowest BCUT2D eigenvalue weighted by Crippen LogP contribution is -2.26. The van der Waals surface area contributed by atoms with Crippen LogP contribution in [0.4, 0.5) is 0 Å². The standard InChI is InChI=1S/C18H18N6OS2/c25-16(19-8-6-13-12-23-9-2-1-5-15(23)20-13)7-10-24-17(21-22-18(24)26)14-4-3-11-27-14/h1-5,9,11-12H,6-8,10H2,(H,19,25)(H,22,26). The van der Waals surface area contributed by atoms with E-state index in [1.165, 1.54) is 0 Å². The van der Waals surface area contributed by atoms with Crippen LogP contribution in [0.1, 0.15) is 12.1 Å². The van der Waals surface area contributed by atoms with Gasteiger partial charge in [0.2, 0.25) is 5.91 Å². The molecule has 27 heavy (non-hydrogen) atoms. The molecule has 4 aromatic rings. The molecular weight excluding hydrogens is 380 g/mol. The zero-order valence-electron chi connectivity index (χ0n) is 14.5. The SMILES string of the molecule is O=C(CCn1c(-c2cccs2)n[nH]c1=S)NCCc1cn2ccccc2n1. The van der Waals surface area contributed by atoms with E-state index in [-0.39, 0.29) is 5.91 Å². The number of H-pyrrole nitrogens is 1. The lowest BCUT2D eigenvalue weighted by Gasteiger charge is -2.06. The third kappa shape index (κ3) is 3.99. The number of fused-ring (bicyclic) bond motifs is 1. The van der Waals surface area contributed by atoms with Crippen molar-refractivity contribution in [1.29, 1.82) is 0 Å². The van der Waals surface area contributed by atoms with E-state index in [1.54, 1.807) is 11.3 Å². The van der Waals surface area contributed by atoms with Gasteiger partial charge in [-0.3, -0.25) is 14.5 Å². The number of aromatic nitrogens is 5. The Morgan fingerprint density at radius 2 is 2.22 bits per heavy atom. The zero-order chi connectivity index (χ0) is 18.6. The summed E-state index contributed by atoms with van der Waals surface area (Å²) in [5.41, 5.74) is 1.87. The highest BCUT2D eigenvalue weighted by Gasteiger charge is 2.11. The number of pyridine rings is 1. The molecule has 0 radical (unpaired) electrons. The number of thiophene rings is 1. The van der Waals surface area contributed by atoms with E-state index >= 15 is 0 Å². The molecule has 9 heteroatoms. The molecule has 4 aromatic heterocycles. The topological polar surface area (TPSA) is 80.0 Å². The molecular formula is C18H18N6OS2. The summed E-state index contributed by atoms with van der Waals surface area (Å²) in [6.45, 7) is 1.04. The molecule has 1 amide bonds. The molecule has 2 N–H and O–H groups in total. The third-order valence-corrected chi connectivity index (χ3v) is 5.36. The second-order valence-electron chi connectivity index (χ2n) is 6.03. The number of hydrogen-bond donors (Lipinski definition) is 2. The molecule has 0 aliphatic rings. The van der Waals surface area contributed by atoms with E-state index in [1.807, 2.05) is 57.1 Å². The van der Waals surface area contributed by atoms with E-state index < -0.39 is 0 Å². The zero-order valence-corrected chi connectivity index (χ0v) is 16.1. The van der Waals surface area contributed by atoms with E-state index in [0.29, 0.717) is 30.7 Å². The van der Waals surface area contributed by atoms with Gasteiger partial charge in [0.05, 0.1) is 10.6 Å². The predicted molar refractivity (Wildman–Crippen MR) is 107 cm³/mol. The molecule has 0 saturated heterocycles. The Labute approximate surface area is 164 Å². The highest BCUT2D eigenvalue weighted by Crippen LogP contribution is 2.22. The first kappa shape index (κ1) is 17.6. The Kier molecular flexibility index (Phi) is 5.12. The van der Waals surface area contributed by atoms with Crippen molar-refractivity contribution in [1.82, 2.24) is 29.5 Å². The first-order chi connectivity index (χ1) is 13.2. The summed E-state index contributed by atoms with van der Waals surface area (Å²) < 4.78 is 4.36. The number of imidazole rings is 1. The van der Waals surface area contributed by atoms with Crippen LogP contribution >= 0.6 is 23.6 Å². The lowest BCUT2D eigenvalue weighted by molar-refractivity contribution is -0.121. The van der Waals surface area contributed by atoms with Crippen molar-refractivity contribution < 1.29 is 4.79 Å². The molecule has 0 unspecified atom stereocenters. The van der Waals surface area contributed by atoms with Crippen LogP contribution in [-0.2, 0) is 17.8 Å². The molecule has 0 fully saturated rings. The summed E-state index contributed by atoms with van der Waals surface area (Å²) in [6, 6.07) is 9.84. The van der Waals surface area contributed by atoms with Gasteiger partial charge in [0.25, 0.3) is 0 Å². The molecule has 0 bridgehead atoms. The fourth-order valence-corrected chi connectivity index (χ4v) is 3.80. The maximum Gasteiger partial charge on any atom is 0.221 e. The first-order valence-electron chi connectivity index (χ1n) is 8.59. The van der Waals surface area contributed by atoms with E-state index in [0.717, 1.165) is 22.0 Å². The van der Waals surface area contributed by atoms with Crippen LogP contribution in [0.25, 0.3) is 16.3 Å². The van der Waals surface area contributed by atoms with Gasteiger partial charge in [-0.05, 0) is 35.8 Å². The monoisotopic (exact) mass is 398 g/mol. The number of nitrogens with one attached hydrogen (secondary N) is 2. The van der Waals surface area contributed by atoms with Crippen LogP contribution in [0, 0.1) is 4.77 Å². The first-order valence-corrected chi connectivity index (χ1v) is 9.88. The molecule has 0 aromatic carbocycles. The maximum absolute atomic E-state index is 12.2. The van der Waals surface area contributed by atoms with Gasteiger partial charge in [0.1, 0.15) is 5.65 Å². The molecule has 0 aliphatic carbocycles. The Balaban J connectivity index is 1.30. The van der Waals surface area contributed by atoms with E-state index in [2.05, 4.69) is 20.5 Å². The van der Waals surface area contributed by atoms with Crippen LogP contribution in [0.3, 0.4) is 0 Å². The lowest BCUT2D eigenvalue weighted by atomic mass is 10.3.